The zero-order valence-electron chi connectivity index (χ0n) is 16.7. The number of H-pyrrole nitrogens is 1. The first-order chi connectivity index (χ1) is 14.0. The van der Waals surface area contributed by atoms with Crippen molar-refractivity contribution < 1.29 is 4.79 Å². The van der Waals surface area contributed by atoms with E-state index in [2.05, 4.69) is 25.7 Å². The fourth-order valence-electron chi connectivity index (χ4n) is 3.43. The minimum absolute atomic E-state index is 0.197. The summed E-state index contributed by atoms with van der Waals surface area (Å²) >= 11 is 0. The maximum Gasteiger partial charge on any atom is 0.269 e. The van der Waals surface area contributed by atoms with E-state index in [1.807, 2.05) is 66.8 Å². The normalized spacial score (nSPS) is 11.0. The van der Waals surface area contributed by atoms with Crippen LogP contribution in [-0.2, 0) is 20.1 Å². The largest absolute Gasteiger partial charge is 0.347 e. The number of aromatic amines is 1. The van der Waals surface area contributed by atoms with Crippen molar-refractivity contribution in [3.63, 3.8) is 0 Å². The Bertz CT molecular complexity index is 1140. The van der Waals surface area contributed by atoms with Gasteiger partial charge in [-0.05, 0) is 37.1 Å². The lowest BCUT2D eigenvalue weighted by Gasteiger charge is -2.10. The van der Waals surface area contributed by atoms with Crippen LogP contribution < -0.4 is 5.32 Å². The molecule has 0 atom stereocenters. The van der Waals surface area contributed by atoms with Crippen molar-refractivity contribution >= 4 is 5.91 Å². The van der Waals surface area contributed by atoms with Crippen molar-refractivity contribution in [1.29, 1.82) is 0 Å². The average molecular weight is 389 g/mol. The van der Waals surface area contributed by atoms with Gasteiger partial charge in [-0.15, -0.1) is 0 Å². The van der Waals surface area contributed by atoms with Crippen LogP contribution in [0.4, 0.5) is 0 Å². The molecular formula is C21H23N7O. The Labute approximate surface area is 168 Å². The predicted octanol–water partition coefficient (Wildman–Crippen LogP) is 2.60. The van der Waals surface area contributed by atoms with E-state index in [0.717, 1.165) is 33.8 Å². The first-order valence-corrected chi connectivity index (χ1v) is 9.41. The summed E-state index contributed by atoms with van der Waals surface area (Å²) < 4.78 is 3.68. The lowest BCUT2D eigenvalue weighted by molar-refractivity contribution is 0.0946. The molecule has 0 spiro atoms. The first kappa shape index (κ1) is 18.7. The van der Waals surface area contributed by atoms with Gasteiger partial charge in [0.2, 0.25) is 0 Å². The molecule has 4 aromatic rings. The number of hydrogen-bond donors (Lipinski definition) is 2. The summed E-state index contributed by atoms with van der Waals surface area (Å²) in [5.74, 6) is -0.197. The third-order valence-electron chi connectivity index (χ3n) is 5.04. The SMILES string of the molecule is Cc1nn(C)c(C)c1-c1cc(C(=O)NCc2ccccc2Cn2cccn2)[nH]n1. The number of carbonyl (C=O) groups is 1. The number of aromatic nitrogens is 6. The fraction of sp³-hybridized carbons (Fsp3) is 0.238. The maximum atomic E-state index is 12.6. The topological polar surface area (TPSA) is 93.4 Å². The Morgan fingerprint density at radius 1 is 1.17 bits per heavy atom. The van der Waals surface area contributed by atoms with Crippen LogP contribution in [-0.4, -0.2) is 35.7 Å². The van der Waals surface area contributed by atoms with Gasteiger partial charge in [-0.25, -0.2) is 0 Å². The number of benzene rings is 1. The summed E-state index contributed by atoms with van der Waals surface area (Å²) in [5, 5.41) is 18.8. The van der Waals surface area contributed by atoms with Crippen LogP contribution in [0.25, 0.3) is 11.3 Å². The molecule has 2 N–H and O–H groups in total. The van der Waals surface area contributed by atoms with Crippen molar-refractivity contribution in [3.8, 4) is 11.3 Å². The molecule has 1 amide bonds. The summed E-state index contributed by atoms with van der Waals surface area (Å²) in [6.45, 7) is 5.01. The van der Waals surface area contributed by atoms with E-state index in [4.69, 9.17) is 0 Å². The Kier molecular flexibility index (Phi) is 4.99. The van der Waals surface area contributed by atoms with Crippen molar-refractivity contribution in [3.05, 3.63) is 77.0 Å². The number of amides is 1. The monoisotopic (exact) mass is 389 g/mol. The van der Waals surface area contributed by atoms with Crippen molar-refractivity contribution in [2.24, 2.45) is 7.05 Å². The number of rotatable bonds is 6. The van der Waals surface area contributed by atoms with Crippen LogP contribution in [0.5, 0.6) is 0 Å². The van der Waals surface area contributed by atoms with E-state index in [1.54, 1.807) is 12.3 Å². The highest BCUT2D eigenvalue weighted by molar-refractivity contribution is 5.93. The van der Waals surface area contributed by atoms with Crippen LogP contribution in [0.1, 0.15) is 33.0 Å². The summed E-state index contributed by atoms with van der Waals surface area (Å²) in [6, 6.07) is 11.7. The molecule has 0 aliphatic heterocycles. The van der Waals surface area contributed by atoms with Crippen LogP contribution in [0.3, 0.4) is 0 Å². The number of nitrogens with zero attached hydrogens (tertiary/aromatic N) is 5. The highest BCUT2D eigenvalue weighted by Gasteiger charge is 2.17. The van der Waals surface area contributed by atoms with Crippen molar-refractivity contribution in [1.82, 2.24) is 35.1 Å². The Morgan fingerprint density at radius 2 is 1.97 bits per heavy atom. The minimum atomic E-state index is -0.197. The van der Waals surface area contributed by atoms with Gasteiger partial charge in [0, 0.05) is 37.2 Å². The summed E-state index contributed by atoms with van der Waals surface area (Å²) in [4.78, 5) is 12.6. The Morgan fingerprint density at radius 3 is 2.66 bits per heavy atom. The van der Waals surface area contributed by atoms with Gasteiger partial charge < -0.3 is 5.32 Å². The van der Waals surface area contributed by atoms with Gasteiger partial charge in [-0.1, -0.05) is 24.3 Å². The second-order valence-corrected chi connectivity index (χ2v) is 6.99. The summed E-state index contributed by atoms with van der Waals surface area (Å²) in [7, 11) is 1.90. The second kappa shape index (κ2) is 7.75. The molecule has 0 fully saturated rings. The zero-order valence-corrected chi connectivity index (χ0v) is 16.7. The Balaban J connectivity index is 1.47. The van der Waals surface area contributed by atoms with Crippen LogP contribution >= 0.6 is 0 Å². The molecule has 3 heterocycles. The number of aryl methyl sites for hydroxylation is 2. The smallest absolute Gasteiger partial charge is 0.269 e. The van der Waals surface area contributed by atoms with E-state index in [-0.39, 0.29) is 5.91 Å². The van der Waals surface area contributed by atoms with E-state index in [1.165, 1.54) is 0 Å². The van der Waals surface area contributed by atoms with Gasteiger partial charge in [0.15, 0.2) is 0 Å². The third kappa shape index (κ3) is 3.82. The summed E-state index contributed by atoms with van der Waals surface area (Å²) in [5.41, 5.74) is 6.15. The van der Waals surface area contributed by atoms with Gasteiger partial charge >= 0.3 is 0 Å². The van der Waals surface area contributed by atoms with Crippen molar-refractivity contribution in [2.45, 2.75) is 26.9 Å². The van der Waals surface area contributed by atoms with Crippen LogP contribution in [0.2, 0.25) is 0 Å². The van der Waals surface area contributed by atoms with Gasteiger partial charge in [0.25, 0.3) is 5.91 Å². The first-order valence-electron chi connectivity index (χ1n) is 9.41. The van der Waals surface area contributed by atoms with Gasteiger partial charge in [0.1, 0.15) is 5.69 Å². The van der Waals surface area contributed by atoms with Gasteiger partial charge in [-0.2, -0.15) is 15.3 Å². The van der Waals surface area contributed by atoms with Crippen molar-refractivity contribution in [2.75, 3.05) is 0 Å². The zero-order chi connectivity index (χ0) is 20.4. The van der Waals surface area contributed by atoms with Crippen LogP contribution in [0.15, 0.2) is 48.8 Å². The molecule has 0 aliphatic rings. The lowest BCUT2D eigenvalue weighted by Crippen LogP contribution is -2.24. The highest BCUT2D eigenvalue weighted by atomic mass is 16.1. The molecule has 0 radical (unpaired) electrons. The van der Waals surface area contributed by atoms with E-state index >= 15 is 0 Å². The van der Waals surface area contributed by atoms with Gasteiger partial charge in [0.05, 0.1) is 17.9 Å². The van der Waals surface area contributed by atoms with E-state index in [0.29, 0.717) is 18.8 Å². The molecule has 0 saturated carbocycles. The number of carbonyl (C=O) groups excluding carboxylic acids is 1. The molecule has 0 bridgehead atoms. The molecule has 4 rings (SSSR count). The molecule has 3 aromatic heterocycles. The number of hydrogen-bond acceptors (Lipinski definition) is 4. The summed E-state index contributed by atoms with van der Waals surface area (Å²) in [6.07, 6.45) is 3.68. The fourth-order valence-corrected chi connectivity index (χ4v) is 3.43. The molecule has 8 nitrogen and oxygen atoms in total. The third-order valence-corrected chi connectivity index (χ3v) is 5.04. The standard InChI is InChI=1S/C21H23N7O/c1-14-20(15(2)27(3)26-14)18-11-19(25-24-18)21(29)22-12-16-7-4-5-8-17(16)13-28-10-6-9-23-28/h4-11H,12-13H2,1-3H3,(H,22,29)(H,24,25). The maximum absolute atomic E-state index is 12.6. The minimum Gasteiger partial charge on any atom is -0.347 e. The molecular weight excluding hydrogens is 366 g/mol. The molecule has 29 heavy (non-hydrogen) atoms. The van der Waals surface area contributed by atoms with E-state index < -0.39 is 0 Å². The number of nitrogens with one attached hydrogen (secondary N) is 2. The molecule has 0 saturated heterocycles. The van der Waals surface area contributed by atoms with Gasteiger partial charge in [-0.3, -0.25) is 19.3 Å². The highest BCUT2D eigenvalue weighted by Crippen LogP contribution is 2.25. The van der Waals surface area contributed by atoms with Crippen LogP contribution in [0, 0.1) is 13.8 Å². The molecule has 1 aromatic carbocycles. The molecule has 8 heteroatoms. The Hall–Kier alpha value is -3.68. The lowest BCUT2D eigenvalue weighted by atomic mass is 10.1. The predicted molar refractivity (Wildman–Crippen MR) is 109 cm³/mol. The molecule has 148 valence electrons. The van der Waals surface area contributed by atoms with E-state index in [9.17, 15) is 4.79 Å². The second-order valence-electron chi connectivity index (χ2n) is 6.99. The quantitative estimate of drug-likeness (QED) is 0.530. The average Bonchev–Trinajstić information content (AvgIpc) is 3.43. The molecule has 0 unspecified atom stereocenters. The molecule has 0 aliphatic carbocycles.